The van der Waals surface area contributed by atoms with Crippen LogP contribution in [0.2, 0.25) is 5.02 Å². The summed E-state index contributed by atoms with van der Waals surface area (Å²) in [7, 11) is 0. The molecule has 1 atom stereocenters. The van der Waals surface area contributed by atoms with Crippen molar-refractivity contribution in [2.24, 2.45) is 5.90 Å². The van der Waals surface area contributed by atoms with Gasteiger partial charge in [0.2, 0.25) is 6.79 Å². The Morgan fingerprint density at radius 2 is 2.20 bits per heavy atom. The number of nitrogens with two attached hydrogens (primary N) is 1. The molecule has 5 heteroatoms. The lowest BCUT2D eigenvalue weighted by Crippen LogP contribution is -2.12. The zero-order valence-corrected chi connectivity index (χ0v) is 8.61. The highest BCUT2D eigenvalue weighted by molar-refractivity contribution is 6.31. The van der Waals surface area contributed by atoms with Crippen LogP contribution in [0.25, 0.3) is 0 Å². The van der Waals surface area contributed by atoms with Gasteiger partial charge in [-0.05, 0) is 6.07 Å². The molecule has 0 radical (unpaired) electrons. The fraction of sp³-hybridized carbons (Fsp3) is 0.200. The first-order chi connectivity index (χ1) is 7.33. The van der Waals surface area contributed by atoms with E-state index in [4.69, 9.17) is 31.8 Å². The molecule has 1 aromatic carbocycles. The van der Waals surface area contributed by atoms with Crippen molar-refractivity contribution >= 4 is 11.6 Å². The van der Waals surface area contributed by atoms with Crippen LogP contribution < -0.4 is 5.90 Å². The van der Waals surface area contributed by atoms with Gasteiger partial charge in [0.15, 0.2) is 11.9 Å². The fourth-order valence-electron chi connectivity index (χ4n) is 1.37. The molecule has 0 aromatic heterocycles. The van der Waals surface area contributed by atoms with Gasteiger partial charge in [-0.15, -0.1) is 0 Å². The third-order valence-electron chi connectivity index (χ3n) is 2.08. The first-order valence-corrected chi connectivity index (χ1v) is 4.75. The maximum atomic E-state index is 6.02. The first kappa shape index (κ1) is 10.3. The van der Waals surface area contributed by atoms with E-state index in [1.165, 1.54) is 6.26 Å². The zero-order chi connectivity index (χ0) is 10.7. The van der Waals surface area contributed by atoms with Crippen LogP contribution in [0.4, 0.5) is 0 Å². The second kappa shape index (κ2) is 4.53. The van der Waals surface area contributed by atoms with E-state index in [9.17, 15) is 0 Å². The van der Waals surface area contributed by atoms with Crippen LogP contribution in [-0.2, 0) is 14.3 Å². The normalized spacial score (nSPS) is 16.5. The van der Waals surface area contributed by atoms with Crippen LogP contribution in [0, 0.1) is 0 Å². The summed E-state index contributed by atoms with van der Waals surface area (Å²) in [5.41, 5.74) is 0.749. The lowest BCUT2D eigenvalue weighted by atomic mass is 10.1. The van der Waals surface area contributed by atoms with Gasteiger partial charge < -0.3 is 9.47 Å². The maximum Gasteiger partial charge on any atom is 0.230 e. The molecular weight excluding hydrogens is 218 g/mol. The molecule has 1 aromatic rings. The summed E-state index contributed by atoms with van der Waals surface area (Å²) in [6.07, 6.45) is 0.946. The standard InChI is InChI=1S/C10H10ClNO3/c11-8-4-2-1-3-7(8)10(15-12)9-5-13-6-14-9/h1-5,10H,6,12H2. The highest BCUT2D eigenvalue weighted by Crippen LogP contribution is 2.32. The maximum absolute atomic E-state index is 6.02. The van der Waals surface area contributed by atoms with Crippen LogP contribution in [0.5, 0.6) is 0 Å². The number of benzene rings is 1. The lowest BCUT2D eigenvalue weighted by molar-refractivity contribution is 0.0126. The third kappa shape index (κ3) is 2.07. The van der Waals surface area contributed by atoms with E-state index < -0.39 is 6.10 Å². The van der Waals surface area contributed by atoms with Crippen LogP contribution in [0.15, 0.2) is 36.3 Å². The van der Waals surface area contributed by atoms with E-state index in [1.807, 2.05) is 18.2 Å². The fourth-order valence-corrected chi connectivity index (χ4v) is 1.61. The van der Waals surface area contributed by atoms with E-state index in [1.54, 1.807) is 6.07 Å². The van der Waals surface area contributed by atoms with Crippen molar-refractivity contribution in [2.75, 3.05) is 6.79 Å². The summed E-state index contributed by atoms with van der Waals surface area (Å²) in [5.74, 6) is 5.74. The van der Waals surface area contributed by atoms with Crippen molar-refractivity contribution in [1.82, 2.24) is 0 Å². The molecule has 1 aliphatic rings. The molecule has 0 spiro atoms. The Hall–Kier alpha value is -1.23. The predicted molar refractivity (Wildman–Crippen MR) is 54.6 cm³/mol. The topological polar surface area (TPSA) is 53.7 Å². The van der Waals surface area contributed by atoms with Crippen molar-refractivity contribution in [1.29, 1.82) is 0 Å². The van der Waals surface area contributed by atoms with E-state index >= 15 is 0 Å². The molecule has 0 bridgehead atoms. The minimum absolute atomic E-state index is 0.180. The van der Waals surface area contributed by atoms with Crippen molar-refractivity contribution in [3.8, 4) is 0 Å². The summed E-state index contributed by atoms with van der Waals surface area (Å²) in [4.78, 5) is 4.84. The quantitative estimate of drug-likeness (QED) is 0.804. The monoisotopic (exact) mass is 227 g/mol. The summed E-state index contributed by atoms with van der Waals surface area (Å²) in [6.45, 7) is 0.180. The zero-order valence-electron chi connectivity index (χ0n) is 7.85. The molecule has 15 heavy (non-hydrogen) atoms. The Bertz CT molecular complexity index is 381. The molecule has 0 fully saturated rings. The van der Waals surface area contributed by atoms with E-state index in [0.717, 1.165) is 5.56 Å². The summed E-state index contributed by atoms with van der Waals surface area (Å²) in [6, 6.07) is 7.27. The van der Waals surface area contributed by atoms with Gasteiger partial charge in [-0.25, -0.2) is 5.90 Å². The molecule has 1 unspecified atom stereocenters. The number of hydrogen-bond donors (Lipinski definition) is 1. The molecule has 1 heterocycles. The average Bonchev–Trinajstić information content (AvgIpc) is 2.75. The summed E-state index contributed by atoms with van der Waals surface area (Å²) < 4.78 is 10.1. The van der Waals surface area contributed by atoms with Gasteiger partial charge >= 0.3 is 0 Å². The Balaban J connectivity index is 2.30. The number of rotatable bonds is 3. The minimum atomic E-state index is -0.527. The first-order valence-electron chi connectivity index (χ1n) is 4.37. The lowest BCUT2D eigenvalue weighted by Gasteiger charge is -2.15. The Kier molecular flexibility index (Phi) is 3.11. The largest absolute Gasteiger partial charge is 0.461 e. The van der Waals surface area contributed by atoms with E-state index in [0.29, 0.717) is 10.8 Å². The molecule has 4 nitrogen and oxygen atoms in total. The van der Waals surface area contributed by atoms with Crippen LogP contribution >= 0.6 is 11.6 Å². The molecule has 0 aliphatic carbocycles. The highest BCUT2D eigenvalue weighted by atomic mass is 35.5. The predicted octanol–water partition coefficient (Wildman–Crippen LogP) is 2.12. The van der Waals surface area contributed by atoms with Gasteiger partial charge in [0, 0.05) is 10.6 Å². The second-order valence-corrected chi connectivity index (χ2v) is 3.39. The minimum Gasteiger partial charge on any atom is -0.461 e. The average molecular weight is 228 g/mol. The molecule has 2 rings (SSSR count). The van der Waals surface area contributed by atoms with Crippen LogP contribution in [-0.4, -0.2) is 6.79 Å². The highest BCUT2D eigenvalue weighted by Gasteiger charge is 2.24. The van der Waals surface area contributed by atoms with Gasteiger partial charge in [-0.3, -0.25) is 4.84 Å². The molecular formula is C10H10ClNO3. The van der Waals surface area contributed by atoms with Gasteiger partial charge in [-0.2, -0.15) is 0 Å². The molecule has 2 N–H and O–H groups in total. The van der Waals surface area contributed by atoms with Gasteiger partial charge in [0.1, 0.15) is 6.26 Å². The Morgan fingerprint density at radius 1 is 1.40 bits per heavy atom. The van der Waals surface area contributed by atoms with Crippen LogP contribution in [0.3, 0.4) is 0 Å². The Morgan fingerprint density at radius 3 is 2.80 bits per heavy atom. The summed E-state index contributed by atoms with van der Waals surface area (Å²) in [5, 5.41) is 0.573. The van der Waals surface area contributed by atoms with Crippen molar-refractivity contribution in [2.45, 2.75) is 6.10 Å². The molecule has 0 saturated heterocycles. The van der Waals surface area contributed by atoms with Crippen LogP contribution in [0.1, 0.15) is 11.7 Å². The van der Waals surface area contributed by atoms with Crippen molar-refractivity contribution in [3.05, 3.63) is 46.9 Å². The van der Waals surface area contributed by atoms with Crippen molar-refractivity contribution < 1.29 is 14.3 Å². The number of ether oxygens (including phenoxy) is 2. The number of halogens is 1. The Labute approximate surface area is 92.1 Å². The van der Waals surface area contributed by atoms with Crippen molar-refractivity contribution in [3.63, 3.8) is 0 Å². The van der Waals surface area contributed by atoms with E-state index in [2.05, 4.69) is 0 Å². The third-order valence-corrected chi connectivity index (χ3v) is 2.42. The van der Waals surface area contributed by atoms with Gasteiger partial charge in [0.05, 0.1) is 0 Å². The molecule has 80 valence electrons. The summed E-state index contributed by atoms with van der Waals surface area (Å²) >= 11 is 6.02. The molecule has 1 aliphatic heterocycles. The second-order valence-electron chi connectivity index (χ2n) is 2.99. The molecule has 0 saturated carbocycles. The van der Waals surface area contributed by atoms with Gasteiger partial charge in [-0.1, -0.05) is 29.8 Å². The number of hydrogen-bond acceptors (Lipinski definition) is 4. The van der Waals surface area contributed by atoms with Gasteiger partial charge in [0.25, 0.3) is 0 Å². The smallest absolute Gasteiger partial charge is 0.230 e. The van der Waals surface area contributed by atoms with E-state index in [-0.39, 0.29) is 6.79 Å². The molecule has 0 amide bonds. The SMILES string of the molecule is NOC(C1=COCO1)c1ccccc1Cl.